The average molecular weight is 1360 g/mol. The summed E-state index contributed by atoms with van der Waals surface area (Å²) in [7, 11) is 0. The van der Waals surface area contributed by atoms with Crippen LogP contribution in [0.4, 0.5) is 30.2 Å². The van der Waals surface area contributed by atoms with Crippen LogP contribution in [0.5, 0.6) is 17.2 Å². The highest BCUT2D eigenvalue weighted by Crippen LogP contribution is 2.45. The summed E-state index contributed by atoms with van der Waals surface area (Å²) in [6.07, 6.45) is 4.34. The van der Waals surface area contributed by atoms with Crippen molar-refractivity contribution in [2.75, 3.05) is 152 Å². The highest BCUT2D eigenvalue weighted by molar-refractivity contribution is 6.00. The second-order valence-electron chi connectivity index (χ2n) is 24.9. The van der Waals surface area contributed by atoms with E-state index in [0.29, 0.717) is 106 Å². The van der Waals surface area contributed by atoms with Crippen LogP contribution < -0.4 is 79.6 Å². The molecule has 3 unspecified atom stereocenters. The molecule has 0 saturated carbocycles. The van der Waals surface area contributed by atoms with Crippen molar-refractivity contribution >= 4 is 97.5 Å². The first-order valence-electron chi connectivity index (χ1n) is 32.1. The Hall–Kier alpha value is -11.0. The summed E-state index contributed by atoms with van der Waals surface area (Å²) in [6.45, 7) is 12.9. The van der Waals surface area contributed by atoms with Gasteiger partial charge in [-0.05, 0) is 45.9 Å². The van der Waals surface area contributed by atoms with Crippen LogP contribution in [0.1, 0.15) is 65.2 Å². The van der Waals surface area contributed by atoms with Crippen molar-refractivity contribution in [1.82, 2.24) is 33.3 Å². The maximum atomic E-state index is 16.0. The minimum absolute atomic E-state index is 0.0619. The fraction of sp³-hybridized carbons (Fsp3) is 0.444. The molecular formula is C63H77F3N22O10. The molecule has 0 bridgehead atoms. The van der Waals surface area contributed by atoms with Gasteiger partial charge in [-0.15, -0.1) is 0 Å². The van der Waals surface area contributed by atoms with E-state index < -0.39 is 51.4 Å². The fourth-order valence-corrected chi connectivity index (χ4v) is 13.4. The normalized spacial score (nSPS) is 19.6. The highest BCUT2D eigenvalue weighted by Gasteiger charge is 2.36. The Morgan fingerprint density at radius 1 is 0.480 bits per heavy atom. The zero-order valence-corrected chi connectivity index (χ0v) is 54.5. The zero-order chi connectivity index (χ0) is 69.7. The highest BCUT2D eigenvalue weighted by atomic mass is 19.1. The number of ether oxygens (including phenoxy) is 3. The molecule has 6 aliphatic rings. The number of halogens is 3. The number of anilines is 3. The Balaban J connectivity index is 0.692. The summed E-state index contributed by atoms with van der Waals surface area (Å²) in [5.74, 6) is -4.26. The topological polar surface area (TPSA) is 421 Å². The van der Waals surface area contributed by atoms with Crippen LogP contribution in [0.15, 0.2) is 81.1 Å². The third-order valence-corrected chi connectivity index (χ3v) is 18.6. The number of aliphatic imine (C=N–C) groups is 6. The summed E-state index contributed by atoms with van der Waals surface area (Å²) in [5, 5.41) is 19.5. The number of benzene rings is 3. The molecule has 3 fully saturated rings. The number of carboxylic acids is 2. The quantitative estimate of drug-likeness (QED) is 0.0546. The predicted octanol–water partition coefficient (Wildman–Crippen LogP) is 0.570. The van der Waals surface area contributed by atoms with Gasteiger partial charge in [0.05, 0.1) is 70.5 Å². The molecule has 6 aliphatic heterocycles. The summed E-state index contributed by atoms with van der Waals surface area (Å²) in [5.41, 5.74) is 38.0. The van der Waals surface area contributed by atoms with Crippen molar-refractivity contribution in [3.8, 4) is 17.2 Å². The number of rotatable bonds is 14. The van der Waals surface area contributed by atoms with Crippen LogP contribution in [-0.2, 0) is 0 Å². The SMILES string of the molecule is Cc1cn2c3c(c(N4CCN(/C(N)=N\C(N)=NCCN(CCN=C(N)/N=C(/N)N5CCN(c6c(F)cc7c(=O)c(C(=O)O)cn8c7c6OCC8C)CC5)CCN=C(N)/N=C(/N)N5CCN(c6c(F)cc7c(=O)c(C(=O)O)cn8c7c6OCC8C)CC5)CC4)c(F)cc3c1=O)OCC2C. The second kappa shape index (κ2) is 27.3. The summed E-state index contributed by atoms with van der Waals surface area (Å²) < 4.78 is 71.5. The monoisotopic (exact) mass is 1360 g/mol. The maximum Gasteiger partial charge on any atom is 0.341 e. The van der Waals surface area contributed by atoms with E-state index in [1.807, 2.05) is 40.0 Å². The Kier molecular flexibility index (Phi) is 18.6. The molecule has 14 N–H and O–H groups in total. The fourth-order valence-electron chi connectivity index (χ4n) is 13.4. The molecule has 32 nitrogen and oxygen atoms in total. The maximum absolute atomic E-state index is 16.0. The van der Waals surface area contributed by atoms with Gasteiger partial charge in [-0.25, -0.2) is 22.8 Å². The van der Waals surface area contributed by atoms with Crippen LogP contribution in [0.2, 0.25) is 0 Å². The van der Waals surface area contributed by atoms with Crippen molar-refractivity contribution in [2.45, 2.75) is 45.8 Å². The van der Waals surface area contributed by atoms with Gasteiger partial charge >= 0.3 is 11.9 Å². The number of hydrogen-bond acceptors (Lipinski definition) is 15. The van der Waals surface area contributed by atoms with Crippen molar-refractivity contribution in [2.24, 2.45) is 64.4 Å². The lowest BCUT2D eigenvalue weighted by molar-refractivity contribution is 0.0683. The summed E-state index contributed by atoms with van der Waals surface area (Å²) >= 11 is 0. The molecule has 6 aromatic rings. The number of aryl methyl sites for hydroxylation is 1. The molecule has 3 aromatic heterocycles. The number of guanidine groups is 6. The van der Waals surface area contributed by atoms with Crippen LogP contribution in [-0.4, -0.2) is 229 Å². The van der Waals surface area contributed by atoms with E-state index in [1.165, 1.54) is 18.5 Å². The number of carbonyl (C=O) groups is 2. The van der Waals surface area contributed by atoms with Gasteiger partial charge < -0.3 is 102 Å². The molecule has 0 radical (unpaired) electrons. The molecule has 98 heavy (non-hydrogen) atoms. The van der Waals surface area contributed by atoms with E-state index in [1.54, 1.807) is 41.9 Å². The molecule has 9 heterocycles. The third kappa shape index (κ3) is 12.9. The molecular weight excluding hydrogens is 1280 g/mol. The standard InChI is InChI=1S/C63H77F3N22O10/c1-32-26-86-33(2)29-96-53-44(86)36(50(32)89)23-41(64)47(53)80-11-17-83(18-12-80)61(70)76-58(67)73-5-8-79(9-6-74-59(68)77-62(71)84-19-13-81(14-20-84)48-42(65)24-37-45-54(48)97-30-34(3)87(45)27-39(51(37)90)56(92)93)10-7-75-60(69)78-63(72)85-21-15-82(16-22-85)49-43(66)25-38-46-55(49)98-31-35(4)88(46)28-40(52(38)91)57(94)95/h23-28,33-35H,5-22,29-31H2,1-4H3,(H,92,93)(H,94,95)(H4,67,70,73,76)(H4,68,71,74,77)(H4,69,72,75,78). The number of hydrogen-bond donors (Lipinski definition) is 8. The van der Waals surface area contributed by atoms with E-state index >= 15 is 13.2 Å². The summed E-state index contributed by atoms with van der Waals surface area (Å²) in [4.78, 5) is 103. The first kappa shape index (κ1) is 67.0. The number of nitrogens with two attached hydrogens (primary N) is 6. The van der Waals surface area contributed by atoms with E-state index in [9.17, 15) is 34.2 Å². The molecule has 3 aromatic carbocycles. The number of nitrogens with zero attached hydrogens (tertiary/aromatic N) is 16. The van der Waals surface area contributed by atoms with Gasteiger partial charge in [-0.2, -0.15) is 15.0 Å². The molecule has 0 aliphatic carbocycles. The van der Waals surface area contributed by atoms with Crippen LogP contribution in [0.25, 0.3) is 32.7 Å². The largest absolute Gasteiger partial charge is 0.487 e. The lowest BCUT2D eigenvalue weighted by Crippen LogP contribution is -2.52. The molecule has 3 atom stereocenters. The van der Waals surface area contributed by atoms with E-state index in [0.717, 1.165) is 12.1 Å². The first-order valence-corrected chi connectivity index (χ1v) is 32.1. The van der Waals surface area contributed by atoms with E-state index in [2.05, 4.69) is 30.0 Å². The Morgan fingerprint density at radius 2 is 0.765 bits per heavy atom. The number of aromatic carboxylic acids is 2. The number of piperazine rings is 3. The minimum atomic E-state index is -1.41. The predicted molar refractivity (Wildman–Crippen MR) is 366 cm³/mol. The zero-order valence-electron chi connectivity index (χ0n) is 54.5. The van der Waals surface area contributed by atoms with Gasteiger partial charge in [0.1, 0.15) is 48.0 Å². The third-order valence-electron chi connectivity index (χ3n) is 18.6. The van der Waals surface area contributed by atoms with Crippen molar-refractivity contribution in [3.63, 3.8) is 0 Å². The van der Waals surface area contributed by atoms with Gasteiger partial charge in [-0.3, -0.25) is 34.3 Å². The first-order chi connectivity index (χ1) is 46.9. The Bertz CT molecular complexity index is 4410. The van der Waals surface area contributed by atoms with Crippen molar-refractivity contribution in [1.29, 1.82) is 0 Å². The Morgan fingerprint density at radius 3 is 1.06 bits per heavy atom. The number of aromatic nitrogens is 3. The lowest BCUT2D eigenvalue weighted by atomic mass is 10.1. The molecule has 35 heteroatoms. The van der Waals surface area contributed by atoms with Gasteiger partial charge in [0.15, 0.2) is 58.0 Å². The molecule has 0 amide bonds. The Labute approximate surface area is 557 Å². The molecule has 3 saturated heterocycles. The number of pyridine rings is 3. The van der Waals surface area contributed by atoms with Gasteiger partial charge in [-0.1, -0.05) is 0 Å². The molecule has 520 valence electrons. The van der Waals surface area contributed by atoms with E-state index in [-0.39, 0.29) is 163 Å². The number of carboxylic acid groups (broad SMARTS) is 2. The smallest absolute Gasteiger partial charge is 0.341 e. The lowest BCUT2D eigenvalue weighted by Gasteiger charge is -2.38. The van der Waals surface area contributed by atoms with Crippen LogP contribution in [0.3, 0.4) is 0 Å². The van der Waals surface area contributed by atoms with Crippen LogP contribution in [0, 0.1) is 24.4 Å². The average Bonchev–Trinajstić information content (AvgIpc) is 0.743. The van der Waals surface area contributed by atoms with Gasteiger partial charge in [0.2, 0.25) is 28.7 Å². The van der Waals surface area contributed by atoms with Gasteiger partial charge in [0, 0.05) is 122 Å². The molecule has 0 spiro atoms. The van der Waals surface area contributed by atoms with Crippen LogP contribution >= 0.6 is 0 Å². The minimum Gasteiger partial charge on any atom is -0.487 e. The van der Waals surface area contributed by atoms with Gasteiger partial charge in [0.25, 0.3) is 0 Å². The molecule has 12 rings (SSSR count). The van der Waals surface area contributed by atoms with Crippen molar-refractivity contribution < 1.29 is 47.2 Å². The second-order valence-corrected chi connectivity index (χ2v) is 24.9. The van der Waals surface area contributed by atoms with Crippen molar-refractivity contribution in [3.05, 3.63) is 102 Å². The summed E-state index contributed by atoms with van der Waals surface area (Å²) in [6, 6.07) is 2.70. The van der Waals surface area contributed by atoms with E-state index in [4.69, 9.17) is 48.6 Å².